The van der Waals surface area contributed by atoms with Gasteiger partial charge in [-0.25, -0.2) is 0 Å². The lowest BCUT2D eigenvalue weighted by Crippen LogP contribution is -2.22. The van der Waals surface area contributed by atoms with Gasteiger partial charge in [-0.1, -0.05) is 24.6 Å². The molecule has 2 rings (SSSR count). The summed E-state index contributed by atoms with van der Waals surface area (Å²) in [5, 5.41) is 4.74. The molecular formula is C14H17ClN2O. The Morgan fingerprint density at radius 1 is 1.39 bits per heavy atom. The molecule has 0 atom stereocenters. The Bertz CT molecular complexity index is 601. The van der Waals surface area contributed by atoms with E-state index in [0.29, 0.717) is 6.54 Å². The molecule has 4 heteroatoms. The van der Waals surface area contributed by atoms with Crippen molar-refractivity contribution in [2.24, 2.45) is 0 Å². The van der Waals surface area contributed by atoms with Crippen LogP contribution in [0.3, 0.4) is 0 Å². The number of carbonyl (C=O) groups excluding carboxylic acids is 1. The monoisotopic (exact) mass is 264 g/mol. The van der Waals surface area contributed by atoms with Crippen LogP contribution in [0.25, 0.3) is 10.9 Å². The quantitative estimate of drug-likeness (QED) is 0.833. The van der Waals surface area contributed by atoms with E-state index in [2.05, 4.69) is 10.3 Å². The molecular weight excluding hydrogens is 248 g/mol. The molecule has 0 fully saturated rings. The first-order valence-electron chi connectivity index (χ1n) is 6.07. The van der Waals surface area contributed by atoms with Crippen LogP contribution in [0, 0.1) is 13.8 Å². The smallest absolute Gasteiger partial charge is 0.179 e. The first kappa shape index (κ1) is 13.1. The highest BCUT2D eigenvalue weighted by molar-refractivity contribution is 6.32. The fourth-order valence-electron chi connectivity index (χ4n) is 2.19. The van der Waals surface area contributed by atoms with Gasteiger partial charge in [0, 0.05) is 21.7 Å². The van der Waals surface area contributed by atoms with Crippen LogP contribution in [0.1, 0.15) is 28.5 Å². The van der Waals surface area contributed by atoms with Gasteiger partial charge in [-0.05, 0) is 32.0 Å². The number of aromatic nitrogens is 1. The van der Waals surface area contributed by atoms with E-state index in [1.54, 1.807) is 0 Å². The van der Waals surface area contributed by atoms with Crippen LogP contribution in [0.5, 0.6) is 0 Å². The first-order valence-corrected chi connectivity index (χ1v) is 6.45. The number of aryl methyl sites for hydroxylation is 2. The number of Topliss-reactive ketones (excluding diaryl/α,β-unsaturated/α-hetero) is 1. The zero-order valence-corrected chi connectivity index (χ0v) is 11.6. The number of benzene rings is 1. The average molecular weight is 265 g/mol. The molecule has 0 radical (unpaired) electrons. The summed E-state index contributed by atoms with van der Waals surface area (Å²) in [5.74, 6) is 0.113. The summed E-state index contributed by atoms with van der Waals surface area (Å²) < 4.78 is 0. The van der Waals surface area contributed by atoms with Gasteiger partial charge in [-0.3, -0.25) is 4.79 Å². The van der Waals surface area contributed by atoms with E-state index in [1.807, 2.05) is 32.9 Å². The largest absolute Gasteiger partial charge is 0.358 e. The number of carbonyl (C=O) groups is 1. The third-order valence-electron chi connectivity index (χ3n) is 3.17. The molecule has 1 aromatic heterocycles. The minimum Gasteiger partial charge on any atom is -0.358 e. The van der Waals surface area contributed by atoms with Crippen molar-refractivity contribution in [2.45, 2.75) is 20.8 Å². The van der Waals surface area contributed by atoms with Gasteiger partial charge in [0.05, 0.1) is 12.1 Å². The van der Waals surface area contributed by atoms with Gasteiger partial charge in [0.2, 0.25) is 0 Å². The van der Waals surface area contributed by atoms with Crippen LogP contribution >= 0.6 is 11.6 Å². The number of hydrogen-bond acceptors (Lipinski definition) is 2. The lowest BCUT2D eigenvalue weighted by atomic mass is 10.0. The summed E-state index contributed by atoms with van der Waals surface area (Å²) in [6.45, 7) is 7.02. The van der Waals surface area contributed by atoms with Crippen molar-refractivity contribution in [1.29, 1.82) is 0 Å². The number of hydrogen-bond donors (Lipinski definition) is 2. The van der Waals surface area contributed by atoms with Crippen molar-refractivity contribution in [3.8, 4) is 0 Å². The van der Waals surface area contributed by atoms with Crippen molar-refractivity contribution in [3.05, 3.63) is 34.0 Å². The summed E-state index contributed by atoms with van der Waals surface area (Å²) in [5.41, 5.74) is 3.61. The summed E-state index contributed by atoms with van der Waals surface area (Å²) in [6, 6.07) is 3.75. The molecule has 1 aromatic carbocycles. The molecule has 0 saturated heterocycles. The van der Waals surface area contributed by atoms with Crippen LogP contribution in [0.4, 0.5) is 0 Å². The number of likely N-dealkylation sites (N-methyl/N-ethyl adjacent to an activating group) is 1. The molecule has 0 saturated carbocycles. The molecule has 2 N–H and O–H groups in total. The van der Waals surface area contributed by atoms with E-state index in [0.717, 1.165) is 39.3 Å². The van der Waals surface area contributed by atoms with Crippen molar-refractivity contribution in [1.82, 2.24) is 10.3 Å². The van der Waals surface area contributed by atoms with E-state index in [9.17, 15) is 4.79 Å². The van der Waals surface area contributed by atoms with Gasteiger partial charge in [0.15, 0.2) is 5.78 Å². The van der Waals surface area contributed by atoms with Crippen molar-refractivity contribution in [2.75, 3.05) is 13.1 Å². The number of nitrogens with one attached hydrogen (secondary N) is 2. The minimum absolute atomic E-state index is 0.113. The molecule has 0 unspecified atom stereocenters. The number of ketones is 1. The Morgan fingerprint density at radius 3 is 2.78 bits per heavy atom. The third-order valence-corrected chi connectivity index (χ3v) is 3.58. The maximum absolute atomic E-state index is 12.2. The lowest BCUT2D eigenvalue weighted by molar-refractivity contribution is 0.0993. The van der Waals surface area contributed by atoms with Crippen LogP contribution in [-0.4, -0.2) is 23.9 Å². The van der Waals surface area contributed by atoms with Crippen molar-refractivity contribution < 1.29 is 4.79 Å². The molecule has 0 amide bonds. The van der Waals surface area contributed by atoms with Gasteiger partial charge < -0.3 is 10.3 Å². The van der Waals surface area contributed by atoms with Crippen LogP contribution in [0.2, 0.25) is 5.02 Å². The van der Waals surface area contributed by atoms with E-state index in [-0.39, 0.29) is 5.78 Å². The Kier molecular flexibility index (Phi) is 3.73. The second kappa shape index (κ2) is 5.12. The zero-order chi connectivity index (χ0) is 13.3. The first-order chi connectivity index (χ1) is 8.56. The van der Waals surface area contributed by atoms with Gasteiger partial charge in [-0.2, -0.15) is 0 Å². The molecule has 3 nitrogen and oxygen atoms in total. The molecule has 96 valence electrons. The summed E-state index contributed by atoms with van der Waals surface area (Å²) in [4.78, 5) is 15.4. The van der Waals surface area contributed by atoms with Crippen LogP contribution < -0.4 is 5.32 Å². The van der Waals surface area contributed by atoms with E-state index in [1.165, 1.54) is 0 Å². The highest BCUT2D eigenvalue weighted by atomic mass is 35.5. The molecule has 0 bridgehead atoms. The Morgan fingerprint density at radius 2 is 2.11 bits per heavy atom. The molecule has 1 heterocycles. The second-order valence-electron chi connectivity index (χ2n) is 4.42. The third kappa shape index (κ3) is 2.16. The van der Waals surface area contributed by atoms with E-state index < -0.39 is 0 Å². The van der Waals surface area contributed by atoms with Crippen LogP contribution in [-0.2, 0) is 0 Å². The van der Waals surface area contributed by atoms with Gasteiger partial charge in [0.1, 0.15) is 0 Å². The number of rotatable bonds is 4. The standard InChI is InChI=1S/C14H17ClN2O/c1-4-16-7-12(18)13-9(3)17-14-8(2)11(15)6-5-10(13)14/h5-6,16-17H,4,7H2,1-3H3. The highest BCUT2D eigenvalue weighted by Gasteiger charge is 2.17. The predicted molar refractivity (Wildman–Crippen MR) is 75.7 cm³/mol. The molecule has 0 aliphatic carbocycles. The van der Waals surface area contributed by atoms with E-state index >= 15 is 0 Å². The Balaban J connectivity index is 2.54. The fourth-order valence-corrected chi connectivity index (χ4v) is 2.35. The summed E-state index contributed by atoms with van der Waals surface area (Å²) >= 11 is 6.10. The Hall–Kier alpha value is -1.32. The molecule has 2 aromatic rings. The molecule has 0 aliphatic rings. The molecule has 0 spiro atoms. The van der Waals surface area contributed by atoms with Crippen molar-refractivity contribution in [3.63, 3.8) is 0 Å². The average Bonchev–Trinajstić information content (AvgIpc) is 2.68. The van der Waals surface area contributed by atoms with Gasteiger partial charge >= 0.3 is 0 Å². The maximum Gasteiger partial charge on any atom is 0.179 e. The summed E-state index contributed by atoms with van der Waals surface area (Å²) in [6.07, 6.45) is 0. The molecule has 0 aliphatic heterocycles. The number of fused-ring (bicyclic) bond motifs is 1. The second-order valence-corrected chi connectivity index (χ2v) is 4.83. The number of aromatic amines is 1. The highest BCUT2D eigenvalue weighted by Crippen LogP contribution is 2.29. The summed E-state index contributed by atoms with van der Waals surface area (Å²) in [7, 11) is 0. The lowest BCUT2D eigenvalue weighted by Gasteiger charge is -2.03. The van der Waals surface area contributed by atoms with Gasteiger partial charge in [0.25, 0.3) is 0 Å². The normalized spacial score (nSPS) is 11.1. The topological polar surface area (TPSA) is 44.9 Å². The number of H-pyrrole nitrogens is 1. The zero-order valence-electron chi connectivity index (χ0n) is 10.9. The fraction of sp³-hybridized carbons (Fsp3) is 0.357. The van der Waals surface area contributed by atoms with Crippen molar-refractivity contribution >= 4 is 28.3 Å². The minimum atomic E-state index is 0.113. The van der Waals surface area contributed by atoms with E-state index in [4.69, 9.17) is 11.6 Å². The van der Waals surface area contributed by atoms with Gasteiger partial charge in [-0.15, -0.1) is 0 Å². The van der Waals surface area contributed by atoms with Crippen LogP contribution in [0.15, 0.2) is 12.1 Å². The number of halogens is 1. The Labute approximate surface area is 112 Å². The predicted octanol–water partition coefficient (Wildman–Crippen LogP) is 3.23. The SMILES string of the molecule is CCNCC(=O)c1c(C)[nH]c2c(C)c(Cl)ccc12. The molecule has 18 heavy (non-hydrogen) atoms. The maximum atomic E-state index is 12.2.